The monoisotopic (exact) mass is 177 g/mol. The van der Waals surface area contributed by atoms with Gasteiger partial charge in [0.15, 0.2) is 0 Å². The molecule has 1 saturated heterocycles. The highest BCUT2D eigenvalue weighted by molar-refractivity contribution is 5.24. The van der Waals surface area contributed by atoms with Crippen LogP contribution in [0.4, 0.5) is 0 Å². The highest BCUT2D eigenvalue weighted by Gasteiger charge is 2.17. The van der Waals surface area contributed by atoms with Crippen molar-refractivity contribution in [2.45, 2.75) is 6.04 Å². The van der Waals surface area contributed by atoms with Crippen LogP contribution in [0.2, 0.25) is 0 Å². The lowest BCUT2D eigenvalue weighted by molar-refractivity contribution is 0.0835. The van der Waals surface area contributed by atoms with Gasteiger partial charge in [0.2, 0.25) is 0 Å². The van der Waals surface area contributed by atoms with Crippen molar-refractivity contribution in [3.05, 3.63) is 36.2 Å². The van der Waals surface area contributed by atoms with E-state index in [1.807, 2.05) is 30.5 Å². The molecule has 2 aliphatic rings. The molecule has 1 fully saturated rings. The van der Waals surface area contributed by atoms with Crippen LogP contribution in [0, 0.1) is 0 Å². The summed E-state index contributed by atoms with van der Waals surface area (Å²) in [5.74, 6) is 0. The van der Waals surface area contributed by atoms with Crippen molar-refractivity contribution in [1.82, 2.24) is 10.6 Å². The first-order chi connectivity index (χ1) is 6.47. The number of nitrogens with one attached hydrogen (secondary N) is 1. The lowest BCUT2D eigenvalue weighted by atomic mass is 10.2. The van der Waals surface area contributed by atoms with E-state index in [1.165, 1.54) is 0 Å². The Morgan fingerprint density at radius 2 is 2.38 bits per heavy atom. The quantitative estimate of drug-likeness (QED) is 0.634. The summed E-state index contributed by atoms with van der Waals surface area (Å²) in [4.78, 5) is 0. The fourth-order valence-corrected chi connectivity index (χ4v) is 1.39. The van der Waals surface area contributed by atoms with E-state index in [1.54, 1.807) is 0 Å². The first-order valence-corrected chi connectivity index (χ1v) is 4.51. The Hall–Kier alpha value is -1.06. The Kier molecular flexibility index (Phi) is 2.79. The molecule has 0 aromatic rings. The van der Waals surface area contributed by atoms with E-state index in [-0.39, 0.29) is 6.04 Å². The van der Waals surface area contributed by atoms with Crippen molar-refractivity contribution in [3.63, 3.8) is 0 Å². The van der Waals surface area contributed by atoms with Gasteiger partial charge in [-0.3, -0.25) is 0 Å². The van der Waals surface area contributed by atoms with Crippen LogP contribution in [0.15, 0.2) is 36.2 Å². The summed E-state index contributed by atoms with van der Waals surface area (Å²) in [6.45, 7) is 2.26. The molecule has 2 rings (SSSR count). The zero-order chi connectivity index (χ0) is 8.93. The van der Waals surface area contributed by atoms with Crippen molar-refractivity contribution in [3.8, 4) is 0 Å². The van der Waals surface area contributed by atoms with Gasteiger partial charge in [0, 0.05) is 18.4 Å². The number of hydrogen-bond acceptors (Lipinski definition) is 2. The first-order valence-electron chi connectivity index (χ1n) is 4.51. The normalized spacial score (nSPS) is 27.7. The summed E-state index contributed by atoms with van der Waals surface area (Å²) in [7, 11) is 0. The van der Waals surface area contributed by atoms with E-state index in [0.29, 0.717) is 6.61 Å². The third kappa shape index (κ3) is 2.20. The Labute approximate surface area is 78.2 Å². The summed E-state index contributed by atoms with van der Waals surface area (Å²) in [6.07, 6.45) is 9.93. The number of nitrogens with zero attached hydrogens (tertiary/aromatic N) is 1. The molecule has 3 nitrogen and oxygen atoms in total. The maximum atomic E-state index is 5.35. The van der Waals surface area contributed by atoms with Gasteiger partial charge in [-0.25, -0.2) is 5.32 Å². The molecule has 3 heteroatoms. The van der Waals surface area contributed by atoms with Crippen molar-refractivity contribution >= 4 is 0 Å². The second-order valence-electron chi connectivity index (χ2n) is 3.01. The lowest BCUT2D eigenvalue weighted by Crippen LogP contribution is -2.40. The van der Waals surface area contributed by atoms with Gasteiger partial charge >= 0.3 is 0 Å². The largest absolute Gasteiger partial charge is 0.378 e. The summed E-state index contributed by atoms with van der Waals surface area (Å²) in [5.41, 5.74) is 1.12. The van der Waals surface area contributed by atoms with Crippen molar-refractivity contribution < 1.29 is 4.74 Å². The van der Waals surface area contributed by atoms with E-state index in [0.717, 1.165) is 18.8 Å². The van der Waals surface area contributed by atoms with Crippen LogP contribution in [0.3, 0.4) is 0 Å². The van der Waals surface area contributed by atoms with Crippen molar-refractivity contribution in [2.24, 2.45) is 0 Å². The molecule has 69 valence electrons. The number of allylic oxidation sites excluding steroid dienone is 4. The minimum atomic E-state index is 0.182. The van der Waals surface area contributed by atoms with Crippen LogP contribution in [0.5, 0.6) is 0 Å². The maximum Gasteiger partial charge on any atom is 0.0879 e. The average Bonchev–Trinajstić information content (AvgIpc) is 2.47. The minimum Gasteiger partial charge on any atom is -0.378 e. The van der Waals surface area contributed by atoms with Gasteiger partial charge in [-0.2, -0.15) is 0 Å². The van der Waals surface area contributed by atoms with E-state index < -0.39 is 0 Å². The van der Waals surface area contributed by atoms with Crippen LogP contribution >= 0.6 is 0 Å². The van der Waals surface area contributed by atoms with E-state index in [9.17, 15) is 0 Å². The smallest absolute Gasteiger partial charge is 0.0879 e. The van der Waals surface area contributed by atoms with E-state index >= 15 is 0 Å². The molecule has 2 heterocycles. The Bertz CT molecular complexity index is 250. The van der Waals surface area contributed by atoms with Crippen LogP contribution in [0.1, 0.15) is 0 Å². The molecule has 1 atom stereocenters. The lowest BCUT2D eigenvalue weighted by Gasteiger charge is -2.24. The van der Waals surface area contributed by atoms with Gasteiger partial charge in [0.05, 0.1) is 19.3 Å². The fraction of sp³-hybridized carbons (Fsp3) is 0.400. The molecule has 2 aliphatic heterocycles. The molecule has 0 aliphatic carbocycles. The van der Waals surface area contributed by atoms with Crippen LogP contribution in [-0.4, -0.2) is 25.8 Å². The number of hydrogen-bond donors (Lipinski definition) is 1. The standard InChI is InChI=1S/C10H13N2O/c1-2-4-9(11-5-3-1)10-8-13-7-6-12-10/h1-5,10-11H,6-8H2. The molecule has 13 heavy (non-hydrogen) atoms. The fourth-order valence-electron chi connectivity index (χ4n) is 1.39. The number of morpholine rings is 1. The molecule has 0 amide bonds. The van der Waals surface area contributed by atoms with E-state index in [2.05, 4.69) is 10.6 Å². The third-order valence-electron chi connectivity index (χ3n) is 2.06. The minimum absolute atomic E-state index is 0.182. The Morgan fingerprint density at radius 1 is 1.38 bits per heavy atom. The number of ether oxygens (including phenoxy) is 1. The van der Waals surface area contributed by atoms with Gasteiger partial charge in [-0.15, -0.1) is 0 Å². The molecule has 1 unspecified atom stereocenters. The number of rotatable bonds is 1. The zero-order valence-corrected chi connectivity index (χ0v) is 7.44. The molecule has 1 radical (unpaired) electrons. The van der Waals surface area contributed by atoms with Crippen LogP contribution in [-0.2, 0) is 4.74 Å². The van der Waals surface area contributed by atoms with E-state index in [4.69, 9.17) is 4.74 Å². The van der Waals surface area contributed by atoms with Crippen molar-refractivity contribution in [2.75, 3.05) is 19.8 Å². The summed E-state index contributed by atoms with van der Waals surface area (Å²) in [6, 6.07) is 0.182. The SMILES string of the molecule is C1=CC=C(C2COCC[N]2)NC=C1. The molecule has 0 saturated carbocycles. The first kappa shape index (κ1) is 8.53. The van der Waals surface area contributed by atoms with Gasteiger partial charge in [-0.1, -0.05) is 12.2 Å². The molecule has 0 spiro atoms. The van der Waals surface area contributed by atoms with Crippen LogP contribution < -0.4 is 10.6 Å². The van der Waals surface area contributed by atoms with Gasteiger partial charge in [0.1, 0.15) is 0 Å². The molecular formula is C10H13N2O. The molecule has 0 aromatic heterocycles. The zero-order valence-electron chi connectivity index (χ0n) is 7.44. The predicted octanol–water partition coefficient (Wildman–Crippen LogP) is 0.547. The summed E-state index contributed by atoms with van der Waals surface area (Å²) in [5, 5.41) is 7.67. The average molecular weight is 177 g/mol. The molecular weight excluding hydrogens is 164 g/mol. The summed E-state index contributed by atoms with van der Waals surface area (Å²) < 4.78 is 5.35. The second kappa shape index (κ2) is 4.25. The predicted molar refractivity (Wildman–Crippen MR) is 51.1 cm³/mol. The molecule has 0 aromatic carbocycles. The summed E-state index contributed by atoms with van der Waals surface area (Å²) >= 11 is 0. The third-order valence-corrected chi connectivity index (χ3v) is 2.06. The van der Waals surface area contributed by atoms with Gasteiger partial charge < -0.3 is 10.1 Å². The Morgan fingerprint density at radius 3 is 3.23 bits per heavy atom. The van der Waals surface area contributed by atoms with Crippen LogP contribution in [0.25, 0.3) is 0 Å². The highest BCUT2D eigenvalue weighted by atomic mass is 16.5. The van der Waals surface area contributed by atoms with Gasteiger partial charge in [-0.05, 0) is 12.2 Å². The highest BCUT2D eigenvalue weighted by Crippen LogP contribution is 2.06. The van der Waals surface area contributed by atoms with Gasteiger partial charge in [0.25, 0.3) is 0 Å². The second-order valence-corrected chi connectivity index (χ2v) is 3.01. The van der Waals surface area contributed by atoms with Crippen molar-refractivity contribution in [1.29, 1.82) is 0 Å². The Balaban J connectivity index is 2.01. The molecule has 1 N–H and O–H groups in total. The topological polar surface area (TPSA) is 35.4 Å². The maximum absolute atomic E-state index is 5.35. The molecule has 0 bridgehead atoms.